The number of non-ortho nitro benzene ring substituents is 1. The number of nitro groups is 1. The van der Waals surface area contributed by atoms with Gasteiger partial charge in [-0.1, -0.05) is 18.2 Å². The first-order valence-electron chi connectivity index (χ1n) is 5.61. The Hall–Kier alpha value is -2.81. The number of benzene rings is 2. The average Bonchev–Trinajstić information content (AvgIpc) is 2.46. The summed E-state index contributed by atoms with van der Waals surface area (Å²) in [5, 5.41) is 11.1. The number of nitrogens with zero attached hydrogens (tertiary/aromatic N) is 1. The lowest BCUT2D eigenvalue weighted by Crippen LogP contribution is -2.47. The topological polar surface area (TPSA) is 107 Å². The van der Waals surface area contributed by atoms with E-state index in [4.69, 9.17) is 0 Å². The van der Waals surface area contributed by atoms with Crippen molar-refractivity contribution < 1.29 is 23.2 Å². The number of carbonyl (C=O) groups is 1. The third kappa shape index (κ3) is 2.72. The monoisotopic (exact) mass is 297 g/mol. The number of hydrogen-bond acceptors (Lipinski definition) is 5. The summed E-state index contributed by atoms with van der Waals surface area (Å²) in [6, 6.07) is 7.80. The van der Waals surface area contributed by atoms with Crippen LogP contribution >= 0.6 is 0 Å². The number of alkyl halides is 2. The van der Waals surface area contributed by atoms with Crippen molar-refractivity contribution in [3.63, 3.8) is 0 Å². The smallest absolute Gasteiger partial charge is 0.425 e. The number of fused-ring (bicyclic) bond motifs is 1. The fourth-order valence-corrected chi connectivity index (χ4v) is 1.77. The minimum atomic E-state index is -4.20. The molecular formula is C12H9F2N3O4. The van der Waals surface area contributed by atoms with Crippen LogP contribution in [0, 0.1) is 10.1 Å². The van der Waals surface area contributed by atoms with Gasteiger partial charge in [0.1, 0.15) is 5.75 Å². The van der Waals surface area contributed by atoms with E-state index in [1.807, 2.05) is 0 Å². The van der Waals surface area contributed by atoms with E-state index in [-0.39, 0.29) is 22.2 Å². The Morgan fingerprint density at radius 2 is 1.86 bits per heavy atom. The van der Waals surface area contributed by atoms with E-state index in [1.165, 1.54) is 29.7 Å². The average molecular weight is 297 g/mol. The van der Waals surface area contributed by atoms with Crippen LogP contribution in [-0.2, 0) is 4.79 Å². The van der Waals surface area contributed by atoms with E-state index in [1.54, 1.807) is 0 Å². The van der Waals surface area contributed by atoms with Crippen molar-refractivity contribution in [1.29, 1.82) is 0 Å². The van der Waals surface area contributed by atoms with Crippen LogP contribution in [0.2, 0.25) is 0 Å². The molecule has 110 valence electrons. The van der Waals surface area contributed by atoms with Crippen LogP contribution in [0.4, 0.5) is 14.5 Å². The zero-order valence-electron chi connectivity index (χ0n) is 10.4. The molecule has 0 fully saturated rings. The van der Waals surface area contributed by atoms with Crippen LogP contribution in [0.5, 0.6) is 5.75 Å². The van der Waals surface area contributed by atoms with Crippen molar-refractivity contribution in [2.24, 2.45) is 5.84 Å². The van der Waals surface area contributed by atoms with Gasteiger partial charge in [-0.25, -0.2) is 5.84 Å². The summed E-state index contributed by atoms with van der Waals surface area (Å²) in [7, 11) is 0. The lowest BCUT2D eigenvalue weighted by atomic mass is 10.1. The maximum Gasteiger partial charge on any atom is 0.483 e. The largest absolute Gasteiger partial charge is 0.483 e. The van der Waals surface area contributed by atoms with E-state index in [2.05, 4.69) is 10.6 Å². The molecule has 0 heterocycles. The number of rotatable bonds is 4. The number of nitro benzene ring substituents is 1. The second-order valence-electron chi connectivity index (χ2n) is 3.98. The van der Waals surface area contributed by atoms with Crippen LogP contribution in [0.25, 0.3) is 10.8 Å². The molecule has 0 bridgehead atoms. The van der Waals surface area contributed by atoms with Crippen LogP contribution in [0.1, 0.15) is 0 Å². The normalized spacial score (nSPS) is 11.2. The molecule has 0 aliphatic rings. The Labute approximate surface area is 116 Å². The highest BCUT2D eigenvalue weighted by Gasteiger charge is 2.42. The van der Waals surface area contributed by atoms with Gasteiger partial charge >= 0.3 is 12.0 Å². The highest BCUT2D eigenvalue weighted by atomic mass is 19.3. The quantitative estimate of drug-likeness (QED) is 0.386. The van der Waals surface area contributed by atoms with Gasteiger partial charge in [0, 0.05) is 11.5 Å². The number of ether oxygens (including phenoxy) is 1. The van der Waals surface area contributed by atoms with Gasteiger partial charge in [0.2, 0.25) is 0 Å². The van der Waals surface area contributed by atoms with Crippen LogP contribution in [0.15, 0.2) is 36.4 Å². The number of nitrogens with two attached hydrogens (primary N) is 1. The van der Waals surface area contributed by atoms with Gasteiger partial charge < -0.3 is 4.74 Å². The Balaban J connectivity index is 2.54. The number of nitrogens with one attached hydrogen (secondary N) is 1. The maximum atomic E-state index is 13.4. The summed E-state index contributed by atoms with van der Waals surface area (Å²) in [5.41, 5.74) is 1.02. The molecule has 0 unspecified atom stereocenters. The molecule has 0 saturated carbocycles. The zero-order chi connectivity index (χ0) is 15.6. The molecule has 0 saturated heterocycles. The Morgan fingerprint density at radius 1 is 1.24 bits per heavy atom. The molecule has 0 aromatic heterocycles. The number of carbonyl (C=O) groups excluding carboxylic acids is 1. The predicted molar refractivity (Wildman–Crippen MR) is 68.5 cm³/mol. The highest BCUT2D eigenvalue weighted by Crippen LogP contribution is 2.35. The second kappa shape index (κ2) is 5.29. The van der Waals surface area contributed by atoms with E-state index in [0.29, 0.717) is 0 Å². The number of hydrogen-bond donors (Lipinski definition) is 2. The molecule has 2 rings (SSSR count). The fraction of sp³-hybridized carbons (Fsp3) is 0.0833. The molecule has 1 amide bonds. The van der Waals surface area contributed by atoms with Crippen molar-refractivity contribution in [3.8, 4) is 5.75 Å². The Morgan fingerprint density at radius 3 is 2.43 bits per heavy atom. The van der Waals surface area contributed by atoms with Crippen molar-refractivity contribution >= 4 is 22.4 Å². The van der Waals surface area contributed by atoms with Gasteiger partial charge in [-0.15, -0.1) is 0 Å². The fourth-order valence-electron chi connectivity index (χ4n) is 1.77. The molecule has 0 aliphatic carbocycles. The van der Waals surface area contributed by atoms with Crippen molar-refractivity contribution in [2.75, 3.05) is 0 Å². The van der Waals surface area contributed by atoms with Crippen LogP contribution < -0.4 is 16.0 Å². The summed E-state index contributed by atoms with van der Waals surface area (Å²) < 4.78 is 31.2. The van der Waals surface area contributed by atoms with Crippen LogP contribution in [0.3, 0.4) is 0 Å². The molecule has 2 aromatic carbocycles. The standard InChI is InChI=1S/C12H9F2N3O4/c13-12(14,11(18)16-15)21-10-6-5-9(17(19)20)7-3-1-2-4-8(7)10/h1-6H,15H2,(H,16,18). The summed E-state index contributed by atoms with van der Waals surface area (Å²) in [5.74, 6) is 2.44. The van der Waals surface area contributed by atoms with Gasteiger partial charge in [0.25, 0.3) is 5.69 Å². The first-order valence-corrected chi connectivity index (χ1v) is 5.61. The summed E-state index contributed by atoms with van der Waals surface area (Å²) in [6.45, 7) is 0. The first kappa shape index (κ1) is 14.6. The number of halogens is 2. The molecule has 7 nitrogen and oxygen atoms in total. The molecule has 21 heavy (non-hydrogen) atoms. The molecule has 3 N–H and O–H groups in total. The van der Waals surface area contributed by atoms with Crippen molar-refractivity contribution in [1.82, 2.24) is 5.43 Å². The van der Waals surface area contributed by atoms with Gasteiger partial charge in [-0.3, -0.25) is 20.3 Å². The summed E-state index contributed by atoms with van der Waals surface area (Å²) >= 11 is 0. The Kier molecular flexibility index (Phi) is 3.68. The first-order chi connectivity index (χ1) is 9.86. The molecule has 0 atom stereocenters. The highest BCUT2D eigenvalue weighted by molar-refractivity contribution is 5.95. The van der Waals surface area contributed by atoms with E-state index >= 15 is 0 Å². The Bertz CT molecular complexity index is 721. The summed E-state index contributed by atoms with van der Waals surface area (Å²) in [6.07, 6.45) is -4.20. The van der Waals surface area contributed by atoms with Crippen LogP contribution in [-0.4, -0.2) is 16.9 Å². The minimum absolute atomic E-state index is 0.0798. The van der Waals surface area contributed by atoms with E-state index < -0.39 is 16.9 Å². The molecular weight excluding hydrogens is 288 g/mol. The second-order valence-corrected chi connectivity index (χ2v) is 3.98. The van der Waals surface area contributed by atoms with Crippen molar-refractivity contribution in [2.45, 2.75) is 6.11 Å². The number of hydrazine groups is 1. The third-order valence-corrected chi connectivity index (χ3v) is 2.69. The van der Waals surface area contributed by atoms with Gasteiger partial charge in [-0.2, -0.15) is 8.78 Å². The van der Waals surface area contributed by atoms with Crippen molar-refractivity contribution in [3.05, 3.63) is 46.5 Å². The molecule has 0 aliphatic heterocycles. The molecule has 2 aromatic rings. The van der Waals surface area contributed by atoms with Gasteiger partial charge in [-0.05, 0) is 12.1 Å². The molecule has 0 radical (unpaired) electrons. The minimum Gasteiger partial charge on any atom is -0.425 e. The lowest BCUT2D eigenvalue weighted by molar-refractivity contribution is -0.383. The summed E-state index contributed by atoms with van der Waals surface area (Å²) in [4.78, 5) is 21.2. The van der Waals surface area contributed by atoms with E-state index in [9.17, 15) is 23.7 Å². The molecule has 9 heteroatoms. The third-order valence-electron chi connectivity index (χ3n) is 2.69. The molecule has 0 spiro atoms. The van der Waals surface area contributed by atoms with Gasteiger partial charge in [0.05, 0.1) is 10.3 Å². The number of amides is 1. The maximum absolute atomic E-state index is 13.4. The SMILES string of the molecule is NNC(=O)C(F)(F)Oc1ccc([N+](=O)[O-])c2ccccc12. The van der Waals surface area contributed by atoms with E-state index in [0.717, 1.165) is 12.1 Å². The zero-order valence-corrected chi connectivity index (χ0v) is 10.4. The van der Waals surface area contributed by atoms with Gasteiger partial charge in [0.15, 0.2) is 0 Å². The predicted octanol–water partition coefficient (Wildman–Crippen LogP) is 1.71. The lowest BCUT2D eigenvalue weighted by Gasteiger charge is -2.17.